The molecule has 0 fully saturated rings. The van der Waals surface area contributed by atoms with Gasteiger partial charge in [-0.1, -0.05) is 40.2 Å². The highest BCUT2D eigenvalue weighted by Gasteiger charge is 2.30. The molecule has 11 heteroatoms. The van der Waals surface area contributed by atoms with Crippen molar-refractivity contribution in [2.24, 2.45) is 5.10 Å². The standard InChI is InChI=1S/C29H29BrN4O5S/c1-20-15-22(21(2)34(20)24-10-8-9-23(30)16-24)18-31-32-29(35)19-33(40(36,37)26-11-6-5-7-12-26)27-17-25(38-3)13-14-28(27)39-4/h5-18H,19H2,1-4H3,(H,32,35). The molecule has 1 heterocycles. The number of aromatic nitrogens is 1. The molecule has 4 rings (SSSR count). The number of hydrogen-bond donors (Lipinski definition) is 1. The van der Waals surface area contributed by atoms with Gasteiger partial charge in [0.1, 0.15) is 18.0 Å². The van der Waals surface area contributed by atoms with E-state index in [1.54, 1.807) is 30.3 Å². The van der Waals surface area contributed by atoms with Crippen LogP contribution < -0.4 is 19.2 Å². The lowest BCUT2D eigenvalue weighted by Gasteiger charge is -2.25. The smallest absolute Gasteiger partial charge is 0.264 e. The minimum Gasteiger partial charge on any atom is -0.497 e. The van der Waals surface area contributed by atoms with Gasteiger partial charge in [-0.2, -0.15) is 5.10 Å². The highest BCUT2D eigenvalue weighted by Crippen LogP contribution is 2.35. The molecule has 1 N–H and O–H groups in total. The fraction of sp³-hybridized carbons (Fsp3) is 0.172. The van der Waals surface area contributed by atoms with E-state index >= 15 is 0 Å². The van der Waals surface area contributed by atoms with E-state index in [0.717, 1.165) is 31.4 Å². The largest absolute Gasteiger partial charge is 0.497 e. The van der Waals surface area contributed by atoms with E-state index in [-0.39, 0.29) is 16.3 Å². The molecule has 0 saturated heterocycles. The summed E-state index contributed by atoms with van der Waals surface area (Å²) in [5.74, 6) is 0.0290. The molecule has 1 aromatic heterocycles. The molecule has 0 aliphatic heterocycles. The second-order valence-electron chi connectivity index (χ2n) is 8.80. The quantitative estimate of drug-likeness (QED) is 0.192. The van der Waals surface area contributed by atoms with Crippen LogP contribution in [0.25, 0.3) is 5.69 Å². The Bertz CT molecular complexity index is 1650. The summed E-state index contributed by atoms with van der Waals surface area (Å²) in [4.78, 5) is 13.1. The maximum atomic E-state index is 13.7. The molecule has 0 bridgehead atoms. The topological polar surface area (TPSA) is 102 Å². The highest BCUT2D eigenvalue weighted by molar-refractivity contribution is 9.10. The number of sulfonamides is 1. The molecule has 0 unspecified atom stereocenters. The van der Waals surface area contributed by atoms with Crippen molar-refractivity contribution in [1.29, 1.82) is 0 Å². The van der Waals surface area contributed by atoms with Crippen LogP contribution in [0.5, 0.6) is 11.5 Å². The number of anilines is 1. The summed E-state index contributed by atoms with van der Waals surface area (Å²) in [6.45, 7) is 3.40. The average molecular weight is 626 g/mol. The van der Waals surface area contributed by atoms with Crippen molar-refractivity contribution < 1.29 is 22.7 Å². The van der Waals surface area contributed by atoms with E-state index in [4.69, 9.17) is 9.47 Å². The molecule has 4 aromatic rings. The third-order valence-electron chi connectivity index (χ3n) is 6.20. The number of hydrazone groups is 1. The predicted molar refractivity (Wildman–Crippen MR) is 159 cm³/mol. The molecular weight excluding hydrogens is 596 g/mol. The minimum absolute atomic E-state index is 0.0242. The zero-order chi connectivity index (χ0) is 28.9. The first-order valence-corrected chi connectivity index (χ1v) is 14.5. The Hall–Kier alpha value is -4.09. The fourth-order valence-corrected chi connectivity index (χ4v) is 6.11. The lowest BCUT2D eigenvalue weighted by atomic mass is 10.2. The molecule has 1 amide bonds. The fourth-order valence-electron chi connectivity index (χ4n) is 4.28. The Morgan fingerprint density at radius 3 is 2.42 bits per heavy atom. The predicted octanol–water partition coefficient (Wildman–Crippen LogP) is 5.22. The van der Waals surface area contributed by atoms with Gasteiger partial charge in [0.25, 0.3) is 15.9 Å². The Balaban J connectivity index is 1.61. The van der Waals surface area contributed by atoms with Gasteiger partial charge in [0.15, 0.2) is 0 Å². The van der Waals surface area contributed by atoms with Crippen molar-refractivity contribution in [3.8, 4) is 17.2 Å². The first-order chi connectivity index (χ1) is 19.1. The number of carbonyl (C=O) groups excluding carboxylic acids is 1. The van der Waals surface area contributed by atoms with Crippen LogP contribution in [0.4, 0.5) is 5.69 Å². The van der Waals surface area contributed by atoms with Crippen molar-refractivity contribution in [2.75, 3.05) is 25.1 Å². The van der Waals surface area contributed by atoms with Crippen molar-refractivity contribution in [2.45, 2.75) is 18.7 Å². The maximum Gasteiger partial charge on any atom is 0.264 e. The lowest BCUT2D eigenvalue weighted by Crippen LogP contribution is -2.39. The number of carbonyl (C=O) groups is 1. The van der Waals surface area contributed by atoms with Crippen LogP contribution in [0.2, 0.25) is 0 Å². The van der Waals surface area contributed by atoms with Crippen LogP contribution in [0.1, 0.15) is 17.0 Å². The van der Waals surface area contributed by atoms with E-state index in [1.807, 2.05) is 44.2 Å². The molecule has 0 aliphatic rings. The summed E-state index contributed by atoms with van der Waals surface area (Å²) >= 11 is 3.51. The number of nitrogens with zero attached hydrogens (tertiary/aromatic N) is 3. The second-order valence-corrected chi connectivity index (χ2v) is 11.6. The summed E-state index contributed by atoms with van der Waals surface area (Å²) in [6.07, 6.45) is 1.54. The molecule has 0 spiro atoms. The first-order valence-electron chi connectivity index (χ1n) is 12.2. The van der Waals surface area contributed by atoms with Crippen molar-refractivity contribution in [3.05, 3.63) is 100 Å². The van der Waals surface area contributed by atoms with Gasteiger partial charge in [0, 0.05) is 33.2 Å². The number of amides is 1. The highest BCUT2D eigenvalue weighted by atomic mass is 79.9. The van der Waals surface area contributed by atoms with Gasteiger partial charge >= 0.3 is 0 Å². The first kappa shape index (κ1) is 28.9. The van der Waals surface area contributed by atoms with Crippen LogP contribution in [-0.4, -0.2) is 45.9 Å². The zero-order valence-electron chi connectivity index (χ0n) is 22.5. The van der Waals surface area contributed by atoms with E-state index in [1.165, 1.54) is 38.6 Å². The molecule has 3 aromatic carbocycles. The summed E-state index contributed by atoms with van der Waals surface area (Å²) in [6, 6.07) is 22.5. The average Bonchev–Trinajstić information content (AvgIpc) is 3.24. The molecule has 0 aliphatic carbocycles. The Morgan fingerprint density at radius 2 is 1.75 bits per heavy atom. The van der Waals surface area contributed by atoms with Gasteiger partial charge in [0.2, 0.25) is 0 Å². The van der Waals surface area contributed by atoms with E-state index < -0.39 is 22.5 Å². The van der Waals surface area contributed by atoms with Gasteiger partial charge in [-0.15, -0.1) is 0 Å². The molecule has 0 saturated carbocycles. The van der Waals surface area contributed by atoms with E-state index in [9.17, 15) is 13.2 Å². The minimum atomic E-state index is -4.15. The van der Waals surface area contributed by atoms with Crippen molar-refractivity contribution in [1.82, 2.24) is 9.99 Å². The molecule has 9 nitrogen and oxygen atoms in total. The summed E-state index contributed by atoms with van der Waals surface area (Å²) in [5.41, 5.74) is 6.34. The van der Waals surface area contributed by atoms with Crippen LogP contribution in [0.3, 0.4) is 0 Å². The van der Waals surface area contributed by atoms with Crippen LogP contribution in [0.15, 0.2) is 93.3 Å². The molecule has 40 heavy (non-hydrogen) atoms. The normalized spacial score (nSPS) is 11.4. The Labute approximate surface area is 242 Å². The maximum absolute atomic E-state index is 13.7. The number of hydrogen-bond acceptors (Lipinski definition) is 6. The second kappa shape index (κ2) is 12.4. The van der Waals surface area contributed by atoms with Crippen LogP contribution >= 0.6 is 15.9 Å². The molecule has 208 valence electrons. The summed E-state index contributed by atoms with van der Waals surface area (Å²) < 4.78 is 42.1. The number of methoxy groups -OCH3 is 2. The van der Waals surface area contributed by atoms with Gasteiger partial charge in [-0.05, 0) is 62.4 Å². The Morgan fingerprint density at radius 1 is 1.00 bits per heavy atom. The number of nitrogens with one attached hydrogen (secondary N) is 1. The zero-order valence-corrected chi connectivity index (χ0v) is 24.9. The molecule has 0 atom stereocenters. The van der Waals surface area contributed by atoms with Gasteiger partial charge < -0.3 is 14.0 Å². The van der Waals surface area contributed by atoms with Crippen LogP contribution in [-0.2, 0) is 14.8 Å². The number of aryl methyl sites for hydroxylation is 1. The van der Waals surface area contributed by atoms with E-state index in [2.05, 4.69) is 31.0 Å². The number of ether oxygens (including phenoxy) is 2. The van der Waals surface area contributed by atoms with Crippen molar-refractivity contribution >= 4 is 43.8 Å². The third kappa shape index (κ3) is 6.21. The van der Waals surface area contributed by atoms with Crippen LogP contribution in [0, 0.1) is 13.8 Å². The number of rotatable bonds is 10. The monoisotopic (exact) mass is 624 g/mol. The third-order valence-corrected chi connectivity index (χ3v) is 8.47. The number of halogens is 1. The molecule has 0 radical (unpaired) electrons. The van der Waals surface area contributed by atoms with E-state index in [0.29, 0.717) is 5.75 Å². The number of benzene rings is 3. The van der Waals surface area contributed by atoms with Gasteiger partial charge in [0.05, 0.1) is 31.0 Å². The molecular formula is C29H29BrN4O5S. The van der Waals surface area contributed by atoms with Gasteiger partial charge in [-0.25, -0.2) is 13.8 Å². The van der Waals surface area contributed by atoms with Crippen molar-refractivity contribution in [3.63, 3.8) is 0 Å². The Kier molecular flexibility index (Phi) is 8.96. The lowest BCUT2D eigenvalue weighted by molar-refractivity contribution is -0.119. The summed E-state index contributed by atoms with van der Waals surface area (Å²) in [5, 5.41) is 4.12. The summed E-state index contributed by atoms with van der Waals surface area (Å²) in [7, 11) is -1.26. The van der Waals surface area contributed by atoms with Gasteiger partial charge in [-0.3, -0.25) is 9.10 Å². The SMILES string of the molecule is COc1ccc(OC)c(N(CC(=O)NN=Cc2cc(C)n(-c3cccc(Br)c3)c2C)S(=O)(=O)c2ccccc2)c1.